The Morgan fingerprint density at radius 1 is 1.50 bits per heavy atom. The van der Waals surface area contributed by atoms with E-state index in [1.165, 1.54) is 12.8 Å². The lowest BCUT2D eigenvalue weighted by Gasteiger charge is -2.15. The SMILES string of the molecule is Cc1cc(NC(=O)N[C@@H]2CCN(C3CC3)C2)no1. The fourth-order valence-corrected chi connectivity index (χ4v) is 2.44. The standard InChI is InChI=1S/C12H18N4O2/c1-8-6-11(15-18-8)14-12(17)13-9-4-5-16(7-9)10-2-3-10/h6,9-10H,2-5,7H2,1H3,(H2,13,14,15,17)/t9-/m1/s1. The maximum atomic E-state index is 11.7. The molecule has 1 aliphatic carbocycles. The third kappa shape index (κ3) is 2.64. The van der Waals surface area contributed by atoms with Gasteiger partial charge in [0, 0.05) is 31.2 Å². The molecule has 18 heavy (non-hydrogen) atoms. The molecule has 1 saturated carbocycles. The predicted octanol–water partition coefficient (Wildman–Crippen LogP) is 1.34. The summed E-state index contributed by atoms with van der Waals surface area (Å²) in [4.78, 5) is 14.2. The second kappa shape index (κ2) is 4.61. The van der Waals surface area contributed by atoms with E-state index in [4.69, 9.17) is 4.52 Å². The molecule has 2 fully saturated rings. The molecule has 98 valence electrons. The number of carbonyl (C=O) groups excluding carboxylic acids is 1. The monoisotopic (exact) mass is 250 g/mol. The number of aromatic nitrogens is 1. The first-order valence-electron chi connectivity index (χ1n) is 6.45. The number of anilines is 1. The van der Waals surface area contributed by atoms with E-state index in [0.717, 1.165) is 25.6 Å². The summed E-state index contributed by atoms with van der Waals surface area (Å²) in [6.07, 6.45) is 3.66. The Kier molecular flexibility index (Phi) is 2.95. The maximum absolute atomic E-state index is 11.7. The number of urea groups is 1. The minimum absolute atomic E-state index is 0.203. The molecule has 0 unspecified atom stereocenters. The van der Waals surface area contributed by atoms with Crippen LogP contribution in [0.1, 0.15) is 25.0 Å². The van der Waals surface area contributed by atoms with Crippen LogP contribution in [-0.2, 0) is 0 Å². The van der Waals surface area contributed by atoms with E-state index >= 15 is 0 Å². The predicted molar refractivity (Wildman–Crippen MR) is 66.4 cm³/mol. The van der Waals surface area contributed by atoms with Crippen LogP contribution >= 0.6 is 0 Å². The largest absolute Gasteiger partial charge is 0.360 e. The van der Waals surface area contributed by atoms with Gasteiger partial charge in [0.15, 0.2) is 5.82 Å². The number of rotatable bonds is 3. The van der Waals surface area contributed by atoms with Gasteiger partial charge >= 0.3 is 6.03 Å². The van der Waals surface area contributed by atoms with Gasteiger partial charge < -0.3 is 9.84 Å². The lowest BCUT2D eigenvalue weighted by Crippen LogP contribution is -2.40. The van der Waals surface area contributed by atoms with E-state index < -0.39 is 0 Å². The summed E-state index contributed by atoms with van der Waals surface area (Å²) >= 11 is 0. The van der Waals surface area contributed by atoms with Crippen LogP contribution in [0.25, 0.3) is 0 Å². The molecule has 0 bridgehead atoms. The van der Waals surface area contributed by atoms with Gasteiger partial charge in [-0.2, -0.15) is 0 Å². The second-order valence-corrected chi connectivity index (χ2v) is 5.13. The summed E-state index contributed by atoms with van der Waals surface area (Å²) in [6, 6.07) is 2.52. The zero-order chi connectivity index (χ0) is 12.5. The van der Waals surface area contributed by atoms with Gasteiger partial charge in [0.05, 0.1) is 0 Å². The van der Waals surface area contributed by atoms with Gasteiger partial charge in [-0.25, -0.2) is 4.79 Å². The molecule has 1 aromatic heterocycles. The Balaban J connectivity index is 1.46. The van der Waals surface area contributed by atoms with Gasteiger partial charge in [-0.05, 0) is 26.2 Å². The fourth-order valence-electron chi connectivity index (χ4n) is 2.44. The van der Waals surface area contributed by atoms with Crippen molar-refractivity contribution >= 4 is 11.8 Å². The summed E-state index contributed by atoms with van der Waals surface area (Å²) in [5, 5.41) is 9.38. The van der Waals surface area contributed by atoms with Crippen molar-refractivity contribution in [3.63, 3.8) is 0 Å². The number of likely N-dealkylation sites (tertiary alicyclic amines) is 1. The Morgan fingerprint density at radius 3 is 3.00 bits per heavy atom. The average Bonchev–Trinajstić information content (AvgIpc) is 2.95. The fraction of sp³-hybridized carbons (Fsp3) is 0.667. The third-order valence-corrected chi connectivity index (χ3v) is 3.49. The van der Waals surface area contributed by atoms with Gasteiger partial charge in [-0.3, -0.25) is 10.2 Å². The summed E-state index contributed by atoms with van der Waals surface area (Å²) in [5.74, 6) is 1.15. The first-order valence-corrected chi connectivity index (χ1v) is 6.45. The molecule has 6 nitrogen and oxygen atoms in total. The second-order valence-electron chi connectivity index (χ2n) is 5.13. The molecule has 3 rings (SSSR count). The average molecular weight is 250 g/mol. The topological polar surface area (TPSA) is 70.4 Å². The van der Waals surface area contributed by atoms with Crippen LogP contribution in [0.4, 0.5) is 10.6 Å². The molecular formula is C12H18N4O2. The van der Waals surface area contributed by atoms with Crippen molar-refractivity contribution in [3.05, 3.63) is 11.8 Å². The van der Waals surface area contributed by atoms with E-state index in [-0.39, 0.29) is 12.1 Å². The molecule has 2 aliphatic rings. The van der Waals surface area contributed by atoms with Crippen LogP contribution in [0.2, 0.25) is 0 Å². The molecular weight excluding hydrogens is 232 g/mol. The summed E-state index contributed by atoms with van der Waals surface area (Å²) in [7, 11) is 0. The summed E-state index contributed by atoms with van der Waals surface area (Å²) < 4.78 is 4.89. The van der Waals surface area contributed by atoms with Gasteiger partial charge in [-0.1, -0.05) is 5.16 Å². The smallest absolute Gasteiger partial charge is 0.320 e. The molecule has 1 atom stereocenters. The molecule has 2 heterocycles. The lowest BCUT2D eigenvalue weighted by atomic mass is 10.3. The summed E-state index contributed by atoms with van der Waals surface area (Å²) in [6.45, 7) is 3.86. The van der Waals surface area contributed by atoms with Crippen LogP contribution < -0.4 is 10.6 Å². The lowest BCUT2D eigenvalue weighted by molar-refractivity contribution is 0.247. The molecule has 1 saturated heterocycles. The minimum Gasteiger partial charge on any atom is -0.360 e. The number of nitrogens with one attached hydrogen (secondary N) is 2. The van der Waals surface area contributed by atoms with Crippen LogP contribution in [0.3, 0.4) is 0 Å². The zero-order valence-corrected chi connectivity index (χ0v) is 10.5. The highest BCUT2D eigenvalue weighted by Crippen LogP contribution is 2.29. The van der Waals surface area contributed by atoms with Gasteiger partial charge in [-0.15, -0.1) is 0 Å². The number of hydrogen-bond acceptors (Lipinski definition) is 4. The number of amides is 2. The number of carbonyl (C=O) groups is 1. The van der Waals surface area contributed by atoms with E-state index in [1.54, 1.807) is 13.0 Å². The number of hydrogen-bond donors (Lipinski definition) is 2. The Hall–Kier alpha value is -1.56. The molecule has 0 spiro atoms. The molecule has 6 heteroatoms. The minimum atomic E-state index is -0.203. The Bertz CT molecular complexity index is 441. The highest BCUT2D eigenvalue weighted by Gasteiger charge is 2.34. The quantitative estimate of drug-likeness (QED) is 0.849. The van der Waals surface area contributed by atoms with Gasteiger partial charge in [0.2, 0.25) is 0 Å². The molecule has 0 aromatic carbocycles. The third-order valence-electron chi connectivity index (χ3n) is 3.49. The van der Waals surface area contributed by atoms with Crippen molar-refractivity contribution in [1.82, 2.24) is 15.4 Å². The van der Waals surface area contributed by atoms with Crippen LogP contribution in [0.5, 0.6) is 0 Å². The van der Waals surface area contributed by atoms with Gasteiger partial charge in [0.1, 0.15) is 5.76 Å². The Morgan fingerprint density at radius 2 is 2.33 bits per heavy atom. The molecule has 2 amide bonds. The van der Waals surface area contributed by atoms with Crippen molar-refractivity contribution in [2.75, 3.05) is 18.4 Å². The molecule has 1 aliphatic heterocycles. The first-order chi connectivity index (χ1) is 8.70. The highest BCUT2D eigenvalue weighted by atomic mass is 16.5. The van der Waals surface area contributed by atoms with Crippen LogP contribution in [-0.4, -0.2) is 41.3 Å². The van der Waals surface area contributed by atoms with E-state index in [9.17, 15) is 4.79 Å². The van der Waals surface area contributed by atoms with E-state index in [2.05, 4.69) is 20.7 Å². The normalized spacial score (nSPS) is 24.2. The molecule has 2 N–H and O–H groups in total. The van der Waals surface area contributed by atoms with E-state index in [0.29, 0.717) is 11.6 Å². The number of nitrogens with zero attached hydrogens (tertiary/aromatic N) is 2. The zero-order valence-electron chi connectivity index (χ0n) is 10.5. The van der Waals surface area contributed by atoms with Crippen LogP contribution in [0, 0.1) is 6.92 Å². The maximum Gasteiger partial charge on any atom is 0.320 e. The van der Waals surface area contributed by atoms with Crippen molar-refractivity contribution in [3.8, 4) is 0 Å². The summed E-state index contributed by atoms with van der Waals surface area (Å²) in [5.41, 5.74) is 0. The van der Waals surface area contributed by atoms with Crippen molar-refractivity contribution in [2.45, 2.75) is 38.3 Å². The Labute approximate surface area is 106 Å². The highest BCUT2D eigenvalue weighted by molar-refractivity contribution is 5.88. The number of aryl methyl sites for hydroxylation is 1. The van der Waals surface area contributed by atoms with Crippen molar-refractivity contribution in [2.24, 2.45) is 0 Å². The first kappa shape index (κ1) is 11.5. The van der Waals surface area contributed by atoms with Crippen LogP contribution in [0.15, 0.2) is 10.6 Å². The molecule has 0 radical (unpaired) electrons. The van der Waals surface area contributed by atoms with Crippen molar-refractivity contribution in [1.29, 1.82) is 0 Å². The van der Waals surface area contributed by atoms with E-state index in [1.807, 2.05) is 0 Å². The van der Waals surface area contributed by atoms with Gasteiger partial charge in [0.25, 0.3) is 0 Å². The van der Waals surface area contributed by atoms with Crippen molar-refractivity contribution < 1.29 is 9.32 Å². The molecule has 1 aromatic rings.